The molecule has 2 N–H and O–H groups in total. The average Bonchev–Trinajstić information content (AvgIpc) is 2.31. The zero-order valence-corrected chi connectivity index (χ0v) is 12.4. The van der Waals surface area contributed by atoms with Crippen LogP contribution in [0.25, 0.3) is 0 Å². The molecule has 0 radical (unpaired) electrons. The van der Waals surface area contributed by atoms with E-state index in [1.54, 1.807) is 6.20 Å². The summed E-state index contributed by atoms with van der Waals surface area (Å²) >= 11 is 5.66. The topological polar surface area (TPSA) is 38.9 Å². The number of aromatic nitrogens is 1. The second-order valence-corrected chi connectivity index (χ2v) is 5.68. The van der Waals surface area contributed by atoms with Gasteiger partial charge in [0.15, 0.2) is 0 Å². The third kappa shape index (κ3) is 3.02. The van der Waals surface area contributed by atoms with Gasteiger partial charge in [-0.3, -0.25) is 4.98 Å². The molecule has 1 atom stereocenters. The van der Waals surface area contributed by atoms with Crippen molar-refractivity contribution in [3.05, 3.63) is 61.6 Å². The Kier molecular flexibility index (Phi) is 4.11. The molecule has 0 fully saturated rings. The number of nitrogens with two attached hydrogens (primary N) is 1. The standard InChI is InChI=1S/C12H9BrFIN2/c13-11-2-1-9(15)4-10(11)12(16)7-3-8(14)6-17-5-7/h1-6,12H,16H2. The van der Waals surface area contributed by atoms with E-state index in [4.69, 9.17) is 5.73 Å². The predicted octanol–water partition coefficient (Wildman–Crippen LogP) is 3.64. The van der Waals surface area contributed by atoms with Gasteiger partial charge in [0.2, 0.25) is 0 Å². The molecule has 0 aliphatic carbocycles. The number of hydrogen-bond donors (Lipinski definition) is 1. The lowest BCUT2D eigenvalue weighted by atomic mass is 10.0. The molecule has 1 unspecified atom stereocenters. The van der Waals surface area contributed by atoms with Crippen LogP contribution in [0.2, 0.25) is 0 Å². The van der Waals surface area contributed by atoms with Gasteiger partial charge in [0.1, 0.15) is 5.82 Å². The normalized spacial score (nSPS) is 12.5. The Morgan fingerprint density at radius 2 is 2.06 bits per heavy atom. The Hall–Kier alpha value is -0.530. The number of hydrogen-bond acceptors (Lipinski definition) is 2. The molecule has 5 heteroatoms. The number of rotatable bonds is 2. The third-order valence-electron chi connectivity index (χ3n) is 2.38. The maximum Gasteiger partial charge on any atom is 0.141 e. The van der Waals surface area contributed by atoms with E-state index in [0.717, 1.165) is 13.6 Å². The van der Waals surface area contributed by atoms with Crippen LogP contribution in [-0.4, -0.2) is 4.98 Å². The Morgan fingerprint density at radius 3 is 2.76 bits per heavy atom. The molecule has 0 spiro atoms. The zero-order valence-electron chi connectivity index (χ0n) is 8.70. The highest BCUT2D eigenvalue weighted by Crippen LogP contribution is 2.28. The molecule has 2 aromatic rings. The van der Waals surface area contributed by atoms with Crippen LogP contribution in [0.1, 0.15) is 17.2 Å². The lowest BCUT2D eigenvalue weighted by Gasteiger charge is -2.14. The molecule has 2 rings (SSSR count). The molecular formula is C12H9BrFIN2. The van der Waals surface area contributed by atoms with Crippen LogP contribution in [0.4, 0.5) is 4.39 Å². The maximum atomic E-state index is 13.1. The van der Waals surface area contributed by atoms with Gasteiger partial charge in [-0.15, -0.1) is 0 Å². The lowest BCUT2D eigenvalue weighted by molar-refractivity contribution is 0.616. The van der Waals surface area contributed by atoms with E-state index >= 15 is 0 Å². The SMILES string of the molecule is NC(c1cncc(F)c1)c1cc(I)ccc1Br. The first-order valence-corrected chi connectivity index (χ1v) is 6.76. The second kappa shape index (κ2) is 5.41. The minimum absolute atomic E-state index is 0.375. The van der Waals surface area contributed by atoms with E-state index in [1.807, 2.05) is 18.2 Å². The third-order valence-corrected chi connectivity index (χ3v) is 3.77. The van der Waals surface area contributed by atoms with Gasteiger partial charge in [0.05, 0.1) is 12.2 Å². The number of benzene rings is 1. The monoisotopic (exact) mass is 406 g/mol. The van der Waals surface area contributed by atoms with Crippen LogP contribution >= 0.6 is 38.5 Å². The number of pyridine rings is 1. The Labute approximate surface area is 121 Å². The van der Waals surface area contributed by atoms with Crippen molar-refractivity contribution in [1.82, 2.24) is 4.98 Å². The molecule has 88 valence electrons. The summed E-state index contributed by atoms with van der Waals surface area (Å²) in [7, 11) is 0. The largest absolute Gasteiger partial charge is 0.320 e. The van der Waals surface area contributed by atoms with E-state index in [0.29, 0.717) is 5.56 Å². The van der Waals surface area contributed by atoms with Crippen LogP contribution in [0.5, 0.6) is 0 Å². The quantitative estimate of drug-likeness (QED) is 0.773. The molecule has 0 saturated heterocycles. The fourth-order valence-corrected chi connectivity index (χ4v) is 2.54. The van der Waals surface area contributed by atoms with Crippen molar-refractivity contribution in [3.63, 3.8) is 0 Å². The van der Waals surface area contributed by atoms with Crippen molar-refractivity contribution in [3.8, 4) is 0 Å². The number of nitrogens with zero attached hydrogens (tertiary/aromatic N) is 1. The zero-order chi connectivity index (χ0) is 12.4. The smallest absolute Gasteiger partial charge is 0.141 e. The van der Waals surface area contributed by atoms with Gasteiger partial charge in [-0.05, 0) is 58.0 Å². The molecule has 2 nitrogen and oxygen atoms in total. The molecular weight excluding hydrogens is 398 g/mol. The van der Waals surface area contributed by atoms with Gasteiger partial charge in [-0.1, -0.05) is 15.9 Å². The van der Waals surface area contributed by atoms with E-state index in [1.165, 1.54) is 12.3 Å². The Morgan fingerprint density at radius 1 is 1.29 bits per heavy atom. The van der Waals surface area contributed by atoms with Gasteiger partial charge >= 0.3 is 0 Å². The van der Waals surface area contributed by atoms with Crippen LogP contribution in [-0.2, 0) is 0 Å². The fraction of sp³-hybridized carbons (Fsp3) is 0.0833. The van der Waals surface area contributed by atoms with Crippen molar-refractivity contribution in [2.24, 2.45) is 5.73 Å². The maximum absolute atomic E-state index is 13.1. The van der Waals surface area contributed by atoms with Crippen LogP contribution in [0.3, 0.4) is 0 Å². The summed E-state index contributed by atoms with van der Waals surface area (Å²) in [6, 6.07) is 6.90. The van der Waals surface area contributed by atoms with Gasteiger partial charge < -0.3 is 5.73 Å². The van der Waals surface area contributed by atoms with Gasteiger partial charge in [-0.25, -0.2) is 4.39 Å². The molecule has 1 heterocycles. The van der Waals surface area contributed by atoms with E-state index in [-0.39, 0.29) is 11.9 Å². The summed E-state index contributed by atoms with van der Waals surface area (Å²) in [4.78, 5) is 3.81. The molecule has 17 heavy (non-hydrogen) atoms. The van der Waals surface area contributed by atoms with Crippen LogP contribution in [0.15, 0.2) is 41.1 Å². The summed E-state index contributed by atoms with van der Waals surface area (Å²) < 4.78 is 15.1. The molecule has 0 bridgehead atoms. The molecule has 0 saturated carbocycles. The Balaban J connectivity index is 2.43. The fourth-order valence-electron chi connectivity index (χ4n) is 1.53. The second-order valence-electron chi connectivity index (χ2n) is 3.58. The van der Waals surface area contributed by atoms with Gasteiger partial charge in [0.25, 0.3) is 0 Å². The molecule has 0 amide bonds. The van der Waals surface area contributed by atoms with E-state index in [2.05, 4.69) is 43.5 Å². The minimum atomic E-state index is -0.387. The first kappa shape index (κ1) is 12.9. The summed E-state index contributed by atoms with van der Waals surface area (Å²) in [5.74, 6) is -0.375. The van der Waals surface area contributed by atoms with Gasteiger partial charge in [0, 0.05) is 14.2 Å². The summed E-state index contributed by atoms with van der Waals surface area (Å²) in [6.45, 7) is 0. The predicted molar refractivity (Wildman–Crippen MR) is 77.1 cm³/mol. The average molecular weight is 407 g/mol. The first-order chi connectivity index (χ1) is 8.08. The Bertz CT molecular complexity index is 548. The summed E-state index contributed by atoms with van der Waals surface area (Å²) in [5, 5.41) is 0. The molecule has 0 aliphatic heterocycles. The van der Waals surface area contributed by atoms with E-state index in [9.17, 15) is 4.39 Å². The highest BCUT2D eigenvalue weighted by atomic mass is 127. The van der Waals surface area contributed by atoms with Crippen LogP contribution < -0.4 is 5.73 Å². The van der Waals surface area contributed by atoms with Crippen molar-refractivity contribution < 1.29 is 4.39 Å². The van der Waals surface area contributed by atoms with Crippen molar-refractivity contribution in [2.75, 3.05) is 0 Å². The number of halogens is 3. The summed E-state index contributed by atoms with van der Waals surface area (Å²) in [5.41, 5.74) is 7.70. The van der Waals surface area contributed by atoms with E-state index < -0.39 is 0 Å². The lowest BCUT2D eigenvalue weighted by Crippen LogP contribution is -2.13. The van der Waals surface area contributed by atoms with Gasteiger partial charge in [-0.2, -0.15) is 0 Å². The highest BCUT2D eigenvalue weighted by molar-refractivity contribution is 14.1. The highest BCUT2D eigenvalue weighted by Gasteiger charge is 2.13. The van der Waals surface area contributed by atoms with Crippen molar-refractivity contribution in [2.45, 2.75) is 6.04 Å². The minimum Gasteiger partial charge on any atom is -0.320 e. The van der Waals surface area contributed by atoms with Crippen molar-refractivity contribution >= 4 is 38.5 Å². The molecule has 1 aromatic heterocycles. The first-order valence-electron chi connectivity index (χ1n) is 4.89. The molecule has 0 aliphatic rings. The van der Waals surface area contributed by atoms with Crippen LogP contribution in [0, 0.1) is 9.39 Å². The summed E-state index contributed by atoms with van der Waals surface area (Å²) in [6.07, 6.45) is 2.75. The van der Waals surface area contributed by atoms with Crippen molar-refractivity contribution in [1.29, 1.82) is 0 Å². The molecule has 1 aromatic carbocycles.